The molecule has 2 saturated heterocycles. The topological polar surface area (TPSA) is 87.9 Å². The predicted octanol–water partition coefficient (Wildman–Crippen LogP) is 3.24. The van der Waals surface area contributed by atoms with E-state index in [1.54, 1.807) is 0 Å². The van der Waals surface area contributed by atoms with Crippen LogP contribution in [0.4, 0.5) is 0 Å². The molecule has 5 atom stereocenters. The second kappa shape index (κ2) is 12.3. The fourth-order valence-corrected chi connectivity index (χ4v) is 6.70. The van der Waals surface area contributed by atoms with Gasteiger partial charge in [0.2, 0.25) is 11.8 Å². The minimum absolute atomic E-state index is 0.0272. The Morgan fingerprint density at radius 1 is 1.08 bits per heavy atom. The first kappa shape index (κ1) is 26.6. The van der Waals surface area contributed by atoms with Crippen molar-refractivity contribution in [3.05, 3.63) is 35.4 Å². The number of carbonyl (C=O) groups excluding carboxylic acids is 2. The van der Waals surface area contributed by atoms with Crippen LogP contribution in [0.15, 0.2) is 24.3 Å². The number of benzene rings is 1. The highest BCUT2D eigenvalue weighted by atomic mass is 16.5. The fourth-order valence-electron chi connectivity index (χ4n) is 6.70. The molecule has 204 valence electrons. The highest BCUT2D eigenvalue weighted by Crippen LogP contribution is 2.35. The molecule has 0 aromatic heterocycles. The number of hydrogen-bond acceptors (Lipinski definition) is 5. The number of rotatable bonds is 10. The van der Waals surface area contributed by atoms with E-state index in [2.05, 4.69) is 41.4 Å². The number of nitrogens with one attached hydrogen (secondary N) is 1. The molecule has 7 nitrogen and oxygen atoms in total. The zero-order valence-electron chi connectivity index (χ0n) is 22.6. The van der Waals surface area contributed by atoms with E-state index in [4.69, 9.17) is 10.5 Å². The molecule has 37 heavy (non-hydrogen) atoms. The molecular formula is C30H46N4O3. The van der Waals surface area contributed by atoms with Crippen molar-refractivity contribution in [1.29, 1.82) is 0 Å². The van der Waals surface area contributed by atoms with Gasteiger partial charge >= 0.3 is 0 Å². The lowest BCUT2D eigenvalue weighted by atomic mass is 9.81. The molecule has 0 spiro atoms. The summed E-state index contributed by atoms with van der Waals surface area (Å²) in [5.41, 5.74) is 8.51. The Morgan fingerprint density at radius 2 is 1.89 bits per heavy atom. The van der Waals surface area contributed by atoms with E-state index in [0.29, 0.717) is 31.3 Å². The lowest BCUT2D eigenvalue weighted by Gasteiger charge is -2.31. The molecule has 4 fully saturated rings. The third-order valence-electron chi connectivity index (χ3n) is 9.19. The van der Waals surface area contributed by atoms with Crippen molar-refractivity contribution in [1.82, 2.24) is 15.1 Å². The van der Waals surface area contributed by atoms with Crippen LogP contribution in [0.25, 0.3) is 0 Å². The molecule has 1 aromatic carbocycles. The van der Waals surface area contributed by atoms with Gasteiger partial charge in [-0.3, -0.25) is 14.5 Å². The Bertz CT molecular complexity index is 929. The summed E-state index contributed by atoms with van der Waals surface area (Å²) in [6.45, 7) is 6.72. The second-order valence-corrected chi connectivity index (χ2v) is 12.0. The van der Waals surface area contributed by atoms with Crippen molar-refractivity contribution in [2.45, 2.75) is 89.4 Å². The third-order valence-corrected chi connectivity index (χ3v) is 9.19. The summed E-state index contributed by atoms with van der Waals surface area (Å²) < 4.78 is 6.02. The van der Waals surface area contributed by atoms with E-state index in [9.17, 15) is 9.59 Å². The Balaban J connectivity index is 1.28. The van der Waals surface area contributed by atoms with Gasteiger partial charge in [-0.1, -0.05) is 30.7 Å². The number of hydrogen-bond donors (Lipinski definition) is 2. The van der Waals surface area contributed by atoms with Crippen LogP contribution in [0.3, 0.4) is 0 Å². The molecule has 1 aromatic rings. The second-order valence-electron chi connectivity index (χ2n) is 12.0. The molecule has 5 unspecified atom stereocenters. The van der Waals surface area contributed by atoms with Gasteiger partial charge in [0.05, 0.1) is 6.10 Å². The van der Waals surface area contributed by atoms with E-state index in [0.717, 1.165) is 64.8 Å². The Morgan fingerprint density at radius 3 is 2.62 bits per heavy atom. The maximum Gasteiger partial charge on any atom is 0.242 e. The molecule has 2 heterocycles. The SMILES string of the molecule is Cc1ccccc1CN(CC1CCCO1)C1CC(C(=O)NCC2CCCC(CN)C2)N(C(=O)C2CC2)C1. The Labute approximate surface area is 222 Å². The molecule has 0 radical (unpaired) electrons. The molecule has 4 aliphatic rings. The zero-order valence-corrected chi connectivity index (χ0v) is 22.6. The molecule has 0 bridgehead atoms. The van der Waals surface area contributed by atoms with Gasteiger partial charge in [0.15, 0.2) is 0 Å². The summed E-state index contributed by atoms with van der Waals surface area (Å²) in [7, 11) is 0. The van der Waals surface area contributed by atoms with Crippen molar-refractivity contribution in [3.63, 3.8) is 0 Å². The highest BCUT2D eigenvalue weighted by molar-refractivity contribution is 5.90. The number of aryl methyl sites for hydroxylation is 1. The number of likely N-dealkylation sites (tertiary alicyclic amines) is 1. The largest absolute Gasteiger partial charge is 0.377 e. The lowest BCUT2D eigenvalue weighted by molar-refractivity contribution is -0.139. The molecule has 7 heteroatoms. The average molecular weight is 511 g/mol. The first-order valence-corrected chi connectivity index (χ1v) is 14.7. The van der Waals surface area contributed by atoms with E-state index >= 15 is 0 Å². The van der Waals surface area contributed by atoms with Gasteiger partial charge in [0.1, 0.15) is 6.04 Å². The Kier molecular flexibility index (Phi) is 8.83. The first-order valence-electron chi connectivity index (χ1n) is 14.7. The quantitative estimate of drug-likeness (QED) is 0.505. The Hall–Kier alpha value is -1.96. The van der Waals surface area contributed by atoms with Gasteiger partial charge in [0, 0.05) is 44.7 Å². The maximum absolute atomic E-state index is 13.5. The van der Waals surface area contributed by atoms with Crippen molar-refractivity contribution < 1.29 is 14.3 Å². The fraction of sp³-hybridized carbons (Fsp3) is 0.733. The van der Waals surface area contributed by atoms with Crippen molar-refractivity contribution >= 4 is 11.8 Å². The van der Waals surface area contributed by atoms with Crippen molar-refractivity contribution in [2.24, 2.45) is 23.5 Å². The van der Waals surface area contributed by atoms with Gasteiger partial charge in [-0.15, -0.1) is 0 Å². The van der Waals surface area contributed by atoms with Crippen LogP contribution in [0.2, 0.25) is 0 Å². The maximum atomic E-state index is 13.5. The van der Waals surface area contributed by atoms with E-state index in [1.807, 2.05) is 4.90 Å². The molecule has 2 saturated carbocycles. The van der Waals surface area contributed by atoms with Crippen molar-refractivity contribution in [3.8, 4) is 0 Å². The van der Waals surface area contributed by atoms with Crippen molar-refractivity contribution in [2.75, 3.05) is 32.8 Å². The van der Waals surface area contributed by atoms with Gasteiger partial charge in [0.25, 0.3) is 0 Å². The van der Waals surface area contributed by atoms with Gasteiger partial charge in [-0.05, 0) is 87.8 Å². The average Bonchev–Trinajstić information content (AvgIpc) is 3.46. The van der Waals surface area contributed by atoms with E-state index in [1.165, 1.54) is 24.0 Å². The predicted molar refractivity (Wildman–Crippen MR) is 145 cm³/mol. The molecular weight excluding hydrogens is 464 g/mol. The summed E-state index contributed by atoms with van der Waals surface area (Å²) in [5, 5.41) is 3.26. The lowest BCUT2D eigenvalue weighted by Crippen LogP contribution is -2.47. The highest BCUT2D eigenvalue weighted by Gasteiger charge is 2.46. The van der Waals surface area contributed by atoms with Gasteiger partial charge < -0.3 is 20.7 Å². The normalized spacial score (nSPS) is 30.1. The summed E-state index contributed by atoms with van der Waals surface area (Å²) in [6.07, 6.45) is 9.67. The summed E-state index contributed by atoms with van der Waals surface area (Å²) >= 11 is 0. The van der Waals surface area contributed by atoms with Gasteiger partial charge in [-0.25, -0.2) is 0 Å². The third kappa shape index (κ3) is 6.73. The number of amides is 2. The smallest absolute Gasteiger partial charge is 0.242 e. The first-order chi connectivity index (χ1) is 18.0. The van der Waals surface area contributed by atoms with Gasteiger partial charge in [-0.2, -0.15) is 0 Å². The van der Waals surface area contributed by atoms with Crippen LogP contribution in [-0.2, 0) is 20.9 Å². The minimum Gasteiger partial charge on any atom is -0.377 e. The number of ether oxygens (including phenoxy) is 1. The zero-order chi connectivity index (χ0) is 25.8. The molecule has 2 amide bonds. The molecule has 2 aliphatic carbocycles. The van der Waals surface area contributed by atoms with Crippen LogP contribution < -0.4 is 11.1 Å². The number of nitrogens with zero attached hydrogens (tertiary/aromatic N) is 2. The summed E-state index contributed by atoms with van der Waals surface area (Å²) in [6, 6.07) is 8.31. The standard InChI is InChI=1S/C30H46N4O3/c1-21-6-2-3-9-25(21)18-33(20-27-10-5-13-37-27)26-15-28(34(19-26)30(36)24-11-12-24)29(35)32-17-23-8-4-7-22(14-23)16-31/h2-3,6,9,22-24,26-28H,4-5,7-8,10-20,31H2,1H3,(H,32,35). The number of nitrogens with two attached hydrogens (primary N) is 1. The molecule has 3 N–H and O–H groups in total. The van der Waals surface area contributed by atoms with Crippen LogP contribution in [0.5, 0.6) is 0 Å². The van der Waals surface area contributed by atoms with E-state index in [-0.39, 0.29) is 35.9 Å². The van der Waals surface area contributed by atoms with E-state index < -0.39 is 0 Å². The number of carbonyl (C=O) groups is 2. The molecule has 5 rings (SSSR count). The molecule has 2 aliphatic heterocycles. The summed E-state index contributed by atoms with van der Waals surface area (Å²) in [4.78, 5) is 31.3. The van der Waals surface area contributed by atoms with Crippen LogP contribution in [-0.4, -0.2) is 72.6 Å². The summed E-state index contributed by atoms with van der Waals surface area (Å²) in [5.74, 6) is 1.39. The minimum atomic E-state index is -0.379. The van der Waals surface area contributed by atoms with Crippen LogP contribution in [0.1, 0.15) is 68.9 Å². The van der Waals surface area contributed by atoms with Crippen LogP contribution in [0, 0.1) is 24.7 Å². The van der Waals surface area contributed by atoms with Crippen LogP contribution >= 0.6 is 0 Å². The monoisotopic (exact) mass is 510 g/mol.